The normalized spacial score (nSPS) is 34.2. The van der Waals surface area contributed by atoms with Gasteiger partial charge in [-0.2, -0.15) is 0 Å². The molecule has 1 N–H and O–H groups in total. The molecule has 0 aliphatic heterocycles. The zero-order valence-corrected chi connectivity index (χ0v) is 11.4. The summed E-state index contributed by atoms with van der Waals surface area (Å²) in [5.41, 5.74) is 1.93. The van der Waals surface area contributed by atoms with Crippen LogP contribution in [0.25, 0.3) is 0 Å². The van der Waals surface area contributed by atoms with Crippen molar-refractivity contribution in [1.82, 2.24) is 0 Å². The lowest BCUT2D eigenvalue weighted by molar-refractivity contribution is -0.139. The van der Waals surface area contributed by atoms with Gasteiger partial charge in [0.05, 0.1) is 5.92 Å². The van der Waals surface area contributed by atoms with E-state index < -0.39 is 5.97 Å². The van der Waals surface area contributed by atoms with Gasteiger partial charge in [-0.3, -0.25) is 4.79 Å². The summed E-state index contributed by atoms with van der Waals surface area (Å²) in [6.07, 6.45) is 7.07. The lowest BCUT2D eigenvalue weighted by Gasteiger charge is -2.30. The van der Waals surface area contributed by atoms with Crippen LogP contribution in [-0.4, -0.2) is 11.1 Å². The molecule has 0 aromatic carbocycles. The van der Waals surface area contributed by atoms with Gasteiger partial charge in [0.25, 0.3) is 0 Å². The molecule has 2 nitrogen and oxygen atoms in total. The highest BCUT2D eigenvalue weighted by atomic mass is 16.4. The summed E-state index contributed by atoms with van der Waals surface area (Å²) in [6.45, 7) is 8.79. The fourth-order valence-corrected chi connectivity index (χ4v) is 3.13. The fourth-order valence-electron chi connectivity index (χ4n) is 3.13. The van der Waals surface area contributed by atoms with Gasteiger partial charge in [0.1, 0.15) is 0 Å². The van der Waals surface area contributed by atoms with Crippen molar-refractivity contribution in [3.63, 3.8) is 0 Å². The average molecular weight is 236 g/mol. The van der Waals surface area contributed by atoms with E-state index in [2.05, 4.69) is 33.8 Å². The van der Waals surface area contributed by atoms with Gasteiger partial charge >= 0.3 is 5.97 Å². The second-order valence-corrected chi connectivity index (χ2v) is 7.15. The van der Waals surface area contributed by atoms with Crippen LogP contribution in [-0.2, 0) is 4.79 Å². The first-order valence-electron chi connectivity index (χ1n) is 6.66. The van der Waals surface area contributed by atoms with E-state index in [4.69, 9.17) is 5.11 Å². The number of aliphatic carboxylic acids is 1. The van der Waals surface area contributed by atoms with Gasteiger partial charge in [-0.25, -0.2) is 0 Å². The number of rotatable bonds is 2. The van der Waals surface area contributed by atoms with Crippen LogP contribution in [0.5, 0.6) is 0 Å². The largest absolute Gasteiger partial charge is 0.481 e. The standard InChI is InChI=1S/C15H24O2/c1-14(2)7-5-10(6-8-14)9-11-12(13(16)17)15(11,3)4/h9,11-12H,5-8H2,1-4H3,(H,16,17). The first-order valence-corrected chi connectivity index (χ1v) is 6.66. The second-order valence-electron chi connectivity index (χ2n) is 7.15. The molecule has 0 radical (unpaired) electrons. The van der Waals surface area contributed by atoms with Crippen molar-refractivity contribution < 1.29 is 9.90 Å². The van der Waals surface area contributed by atoms with Gasteiger partial charge < -0.3 is 5.11 Å². The van der Waals surface area contributed by atoms with E-state index in [1.807, 2.05) is 0 Å². The predicted molar refractivity (Wildman–Crippen MR) is 68.7 cm³/mol. The van der Waals surface area contributed by atoms with Gasteiger partial charge in [-0.05, 0) is 42.4 Å². The minimum absolute atomic E-state index is 0.0359. The molecular weight excluding hydrogens is 212 g/mol. The Morgan fingerprint density at radius 2 is 1.76 bits per heavy atom. The summed E-state index contributed by atoms with van der Waals surface area (Å²) in [5, 5.41) is 9.14. The van der Waals surface area contributed by atoms with Crippen LogP contribution in [0.3, 0.4) is 0 Å². The van der Waals surface area contributed by atoms with Crippen molar-refractivity contribution >= 4 is 5.97 Å². The molecule has 2 aliphatic rings. The Bertz CT molecular complexity index is 351. The lowest BCUT2D eigenvalue weighted by atomic mass is 9.75. The van der Waals surface area contributed by atoms with Crippen molar-refractivity contribution in [3.8, 4) is 0 Å². The molecule has 0 amide bonds. The fraction of sp³-hybridized carbons (Fsp3) is 0.800. The van der Waals surface area contributed by atoms with Gasteiger partial charge in [-0.15, -0.1) is 0 Å². The lowest BCUT2D eigenvalue weighted by Crippen LogP contribution is -2.16. The van der Waals surface area contributed by atoms with E-state index in [0.29, 0.717) is 5.41 Å². The first kappa shape index (κ1) is 12.7. The molecule has 2 atom stereocenters. The molecule has 0 heterocycles. The second kappa shape index (κ2) is 3.86. The quantitative estimate of drug-likeness (QED) is 0.739. The third-order valence-electron chi connectivity index (χ3n) is 4.84. The molecule has 0 spiro atoms. The number of hydrogen-bond donors (Lipinski definition) is 1. The Morgan fingerprint density at radius 1 is 1.24 bits per heavy atom. The van der Waals surface area contributed by atoms with E-state index in [-0.39, 0.29) is 17.3 Å². The highest BCUT2D eigenvalue weighted by Gasteiger charge is 2.60. The summed E-state index contributed by atoms with van der Waals surface area (Å²) in [6, 6.07) is 0. The smallest absolute Gasteiger partial charge is 0.307 e. The Hall–Kier alpha value is -0.790. The summed E-state index contributed by atoms with van der Waals surface area (Å²) in [4.78, 5) is 11.1. The van der Waals surface area contributed by atoms with Crippen LogP contribution in [0, 0.1) is 22.7 Å². The third kappa shape index (κ3) is 2.41. The van der Waals surface area contributed by atoms with Crippen LogP contribution in [0.1, 0.15) is 53.4 Å². The Labute approximate surface area is 104 Å². The molecule has 2 unspecified atom stereocenters. The number of hydrogen-bond acceptors (Lipinski definition) is 1. The summed E-state index contributed by atoms with van der Waals surface area (Å²) in [7, 11) is 0. The minimum Gasteiger partial charge on any atom is -0.481 e. The van der Waals surface area contributed by atoms with Crippen LogP contribution in [0.2, 0.25) is 0 Å². The third-order valence-corrected chi connectivity index (χ3v) is 4.84. The monoisotopic (exact) mass is 236 g/mol. The van der Waals surface area contributed by atoms with Crippen molar-refractivity contribution in [1.29, 1.82) is 0 Å². The molecule has 0 aromatic heterocycles. The number of carboxylic acids is 1. The topological polar surface area (TPSA) is 37.3 Å². The highest BCUT2D eigenvalue weighted by molar-refractivity contribution is 5.76. The summed E-state index contributed by atoms with van der Waals surface area (Å²) < 4.78 is 0. The van der Waals surface area contributed by atoms with E-state index in [1.165, 1.54) is 18.4 Å². The Morgan fingerprint density at radius 3 is 2.18 bits per heavy atom. The predicted octanol–water partition coefficient (Wildman–Crippen LogP) is 3.87. The molecule has 0 saturated heterocycles. The highest BCUT2D eigenvalue weighted by Crippen LogP contribution is 2.60. The minimum atomic E-state index is -0.631. The molecule has 0 bridgehead atoms. The number of carbonyl (C=O) groups is 1. The summed E-state index contributed by atoms with van der Waals surface area (Å²) in [5.74, 6) is -0.533. The van der Waals surface area contributed by atoms with E-state index in [9.17, 15) is 4.79 Å². The molecule has 17 heavy (non-hydrogen) atoms. The van der Waals surface area contributed by atoms with E-state index in [1.54, 1.807) is 0 Å². The van der Waals surface area contributed by atoms with Crippen LogP contribution >= 0.6 is 0 Å². The first-order chi connectivity index (χ1) is 7.74. The average Bonchev–Trinajstić information content (AvgIpc) is 2.72. The molecule has 0 aromatic rings. The molecule has 2 fully saturated rings. The maximum atomic E-state index is 11.1. The molecule has 96 valence electrons. The summed E-state index contributed by atoms with van der Waals surface area (Å²) >= 11 is 0. The van der Waals surface area contributed by atoms with E-state index in [0.717, 1.165) is 12.8 Å². The van der Waals surface area contributed by atoms with Crippen molar-refractivity contribution in [2.75, 3.05) is 0 Å². The van der Waals surface area contributed by atoms with Crippen molar-refractivity contribution in [2.24, 2.45) is 22.7 Å². The van der Waals surface area contributed by atoms with Gasteiger partial charge in [0.15, 0.2) is 0 Å². The number of carboxylic acid groups (broad SMARTS) is 1. The maximum absolute atomic E-state index is 11.1. The van der Waals surface area contributed by atoms with Crippen molar-refractivity contribution in [3.05, 3.63) is 11.6 Å². The SMILES string of the molecule is CC1(C)CCC(=CC2C(C(=O)O)C2(C)C)CC1. The zero-order valence-electron chi connectivity index (χ0n) is 11.4. The molecule has 2 heteroatoms. The van der Waals surface area contributed by atoms with Gasteiger partial charge in [-0.1, -0.05) is 39.3 Å². The zero-order chi connectivity index (χ0) is 12.8. The number of allylic oxidation sites excluding steroid dienone is 2. The molecule has 2 rings (SSSR count). The molecule has 2 saturated carbocycles. The van der Waals surface area contributed by atoms with Crippen LogP contribution in [0.15, 0.2) is 11.6 Å². The molecule has 2 aliphatic carbocycles. The maximum Gasteiger partial charge on any atom is 0.307 e. The van der Waals surface area contributed by atoms with Gasteiger partial charge in [0.2, 0.25) is 0 Å². The van der Waals surface area contributed by atoms with Crippen LogP contribution < -0.4 is 0 Å². The Kier molecular flexibility index (Phi) is 2.87. The molecular formula is C15H24O2. The Balaban J connectivity index is 2.01. The van der Waals surface area contributed by atoms with Crippen LogP contribution in [0.4, 0.5) is 0 Å². The van der Waals surface area contributed by atoms with E-state index >= 15 is 0 Å². The van der Waals surface area contributed by atoms with Gasteiger partial charge in [0, 0.05) is 0 Å². The van der Waals surface area contributed by atoms with Crippen molar-refractivity contribution in [2.45, 2.75) is 53.4 Å².